The van der Waals surface area contributed by atoms with Gasteiger partial charge in [0.25, 0.3) is 11.5 Å². The number of rotatable bonds is 4. The first-order valence-corrected chi connectivity index (χ1v) is 9.15. The molecule has 0 aliphatic carbocycles. The summed E-state index contributed by atoms with van der Waals surface area (Å²) in [6.07, 6.45) is -0.525. The summed E-state index contributed by atoms with van der Waals surface area (Å²) in [6, 6.07) is 19.4. The summed E-state index contributed by atoms with van der Waals surface area (Å²) in [5.74, 6) is -0.303. The Morgan fingerprint density at radius 2 is 1.79 bits per heavy atom. The molecule has 0 bridgehead atoms. The molecule has 2 N–H and O–H groups in total. The molecule has 144 valence electrons. The molecule has 1 fully saturated rings. The van der Waals surface area contributed by atoms with Crippen molar-refractivity contribution in [2.45, 2.75) is 12.1 Å². The van der Waals surface area contributed by atoms with E-state index in [1.807, 2.05) is 48.5 Å². The summed E-state index contributed by atoms with van der Waals surface area (Å²) >= 11 is 0. The number of amides is 1. The predicted molar refractivity (Wildman–Crippen MR) is 103 cm³/mol. The smallest absolute Gasteiger partial charge is 0.272 e. The van der Waals surface area contributed by atoms with Gasteiger partial charge in [0.05, 0.1) is 24.9 Å². The largest absolute Gasteiger partial charge is 0.394 e. The lowest BCUT2D eigenvalue weighted by atomic mass is 9.98. The quantitative estimate of drug-likeness (QED) is 0.723. The number of aromatic amines is 1. The van der Waals surface area contributed by atoms with Crippen LogP contribution < -0.4 is 5.56 Å². The van der Waals surface area contributed by atoms with E-state index in [4.69, 9.17) is 4.74 Å². The van der Waals surface area contributed by atoms with E-state index >= 15 is 0 Å². The molecule has 2 aromatic carbocycles. The highest BCUT2D eigenvalue weighted by Crippen LogP contribution is 2.30. The third-order valence-corrected chi connectivity index (χ3v) is 4.90. The number of nitrogens with zero attached hydrogens (tertiary/aromatic N) is 2. The molecule has 0 unspecified atom stereocenters. The van der Waals surface area contributed by atoms with Crippen molar-refractivity contribution in [3.8, 4) is 5.69 Å². The Balaban J connectivity index is 1.69. The van der Waals surface area contributed by atoms with Crippen LogP contribution in [-0.2, 0) is 4.74 Å². The lowest BCUT2D eigenvalue weighted by Gasteiger charge is -2.40. The second kappa shape index (κ2) is 7.84. The number of H-pyrrole nitrogens is 1. The number of aromatic nitrogens is 2. The lowest BCUT2D eigenvalue weighted by Crippen LogP contribution is -2.49. The number of aliphatic hydroxyl groups excluding tert-OH is 1. The maximum absolute atomic E-state index is 13.2. The van der Waals surface area contributed by atoms with Crippen molar-refractivity contribution >= 4 is 5.91 Å². The van der Waals surface area contributed by atoms with Gasteiger partial charge in [-0.1, -0.05) is 48.5 Å². The summed E-state index contributed by atoms with van der Waals surface area (Å²) in [5, 5.41) is 12.7. The molecule has 1 saturated heterocycles. The minimum absolute atomic E-state index is 0.202. The molecule has 2 atom stereocenters. The van der Waals surface area contributed by atoms with Gasteiger partial charge in [-0.05, 0) is 17.7 Å². The van der Waals surface area contributed by atoms with Crippen molar-refractivity contribution in [2.24, 2.45) is 0 Å². The van der Waals surface area contributed by atoms with Crippen LogP contribution in [0.15, 0.2) is 71.5 Å². The van der Waals surface area contributed by atoms with Crippen LogP contribution in [0.5, 0.6) is 0 Å². The summed E-state index contributed by atoms with van der Waals surface area (Å²) in [5.41, 5.74) is 1.42. The Hall–Kier alpha value is -3.16. The van der Waals surface area contributed by atoms with Crippen LogP contribution in [0, 0.1) is 0 Å². The Bertz CT molecular complexity index is 997. The van der Waals surface area contributed by atoms with Gasteiger partial charge in [0.1, 0.15) is 11.8 Å². The van der Waals surface area contributed by atoms with Crippen molar-refractivity contribution < 1.29 is 14.6 Å². The van der Waals surface area contributed by atoms with Crippen LogP contribution in [-0.4, -0.2) is 51.6 Å². The van der Waals surface area contributed by atoms with E-state index < -0.39 is 12.1 Å². The normalized spacial score (nSPS) is 19.5. The van der Waals surface area contributed by atoms with Crippen molar-refractivity contribution in [3.63, 3.8) is 0 Å². The van der Waals surface area contributed by atoms with Crippen molar-refractivity contribution in [1.82, 2.24) is 14.7 Å². The average molecular weight is 379 g/mol. The molecule has 1 amide bonds. The number of ether oxygens (including phenoxy) is 1. The summed E-state index contributed by atoms with van der Waals surface area (Å²) < 4.78 is 7.03. The highest BCUT2D eigenvalue weighted by molar-refractivity contribution is 5.92. The van der Waals surface area contributed by atoms with E-state index in [1.54, 1.807) is 17.0 Å². The molecule has 0 spiro atoms. The molecule has 1 aliphatic heterocycles. The van der Waals surface area contributed by atoms with Gasteiger partial charge in [-0.25, -0.2) is 4.68 Å². The zero-order chi connectivity index (χ0) is 19.5. The first kappa shape index (κ1) is 18.2. The monoisotopic (exact) mass is 379 g/mol. The highest BCUT2D eigenvalue weighted by Gasteiger charge is 2.37. The number of hydrogen-bond acceptors (Lipinski definition) is 4. The molecule has 1 aliphatic rings. The van der Waals surface area contributed by atoms with E-state index in [9.17, 15) is 14.7 Å². The van der Waals surface area contributed by atoms with E-state index in [2.05, 4.69) is 5.10 Å². The Kier molecular flexibility index (Phi) is 5.10. The zero-order valence-electron chi connectivity index (χ0n) is 15.2. The van der Waals surface area contributed by atoms with Crippen LogP contribution in [0.25, 0.3) is 5.69 Å². The lowest BCUT2D eigenvalue weighted by molar-refractivity contribution is -0.0812. The van der Waals surface area contributed by atoms with Gasteiger partial charge in [0, 0.05) is 12.6 Å². The maximum atomic E-state index is 13.2. The maximum Gasteiger partial charge on any atom is 0.272 e. The number of hydrogen-bond donors (Lipinski definition) is 2. The van der Waals surface area contributed by atoms with Gasteiger partial charge >= 0.3 is 0 Å². The van der Waals surface area contributed by atoms with E-state index in [0.29, 0.717) is 18.8 Å². The van der Waals surface area contributed by atoms with E-state index in [-0.39, 0.29) is 23.8 Å². The SMILES string of the molecule is O=C(c1cc(=O)n(-c2ccccc2)[nH]1)N1CCO[C@@H](CO)[C@@H]1c1ccccc1. The number of carbonyl (C=O) groups is 1. The summed E-state index contributed by atoms with van der Waals surface area (Å²) in [7, 11) is 0. The van der Waals surface area contributed by atoms with Crippen molar-refractivity contribution in [1.29, 1.82) is 0 Å². The topological polar surface area (TPSA) is 87.6 Å². The fourth-order valence-corrected chi connectivity index (χ4v) is 3.59. The second-order valence-electron chi connectivity index (χ2n) is 6.62. The summed E-state index contributed by atoms with van der Waals surface area (Å²) in [4.78, 5) is 27.3. The van der Waals surface area contributed by atoms with Gasteiger partial charge < -0.3 is 14.7 Å². The predicted octanol–water partition coefficient (Wildman–Crippen LogP) is 1.74. The van der Waals surface area contributed by atoms with Gasteiger partial charge in [-0.2, -0.15) is 0 Å². The van der Waals surface area contributed by atoms with Crippen LogP contribution in [0.4, 0.5) is 0 Å². The van der Waals surface area contributed by atoms with Crippen LogP contribution in [0.2, 0.25) is 0 Å². The summed E-state index contributed by atoms with van der Waals surface area (Å²) in [6.45, 7) is 0.488. The van der Waals surface area contributed by atoms with Crippen LogP contribution in [0.3, 0.4) is 0 Å². The molecule has 4 rings (SSSR count). The molecule has 7 nitrogen and oxygen atoms in total. The van der Waals surface area contributed by atoms with Gasteiger partial charge in [-0.3, -0.25) is 14.7 Å². The van der Waals surface area contributed by atoms with Crippen LogP contribution >= 0.6 is 0 Å². The van der Waals surface area contributed by atoms with Gasteiger partial charge in [0.2, 0.25) is 0 Å². The molecule has 0 saturated carbocycles. The third-order valence-electron chi connectivity index (χ3n) is 4.90. The fourth-order valence-electron chi connectivity index (χ4n) is 3.59. The molecular formula is C21H21N3O4. The molecule has 2 heterocycles. The Morgan fingerprint density at radius 1 is 1.11 bits per heavy atom. The number of morpholine rings is 1. The van der Waals surface area contributed by atoms with Crippen molar-refractivity contribution in [3.05, 3.63) is 88.3 Å². The number of carbonyl (C=O) groups excluding carboxylic acids is 1. The highest BCUT2D eigenvalue weighted by atomic mass is 16.5. The number of nitrogens with one attached hydrogen (secondary N) is 1. The average Bonchev–Trinajstić information content (AvgIpc) is 3.15. The standard InChI is InChI=1S/C21H21N3O4/c25-14-18-20(15-7-3-1-4-8-15)23(11-12-28-18)21(27)17-13-19(26)24(22-17)16-9-5-2-6-10-16/h1-10,13,18,20,22,25H,11-12,14H2/t18-,20-/m0/s1. The van der Waals surface area contributed by atoms with E-state index in [0.717, 1.165) is 5.56 Å². The number of benzene rings is 2. The van der Waals surface area contributed by atoms with Gasteiger partial charge in [-0.15, -0.1) is 0 Å². The molecule has 7 heteroatoms. The molecule has 3 aromatic rings. The Labute approximate surface area is 161 Å². The second-order valence-corrected chi connectivity index (χ2v) is 6.62. The molecular weight excluding hydrogens is 358 g/mol. The van der Waals surface area contributed by atoms with Crippen LogP contribution in [0.1, 0.15) is 22.1 Å². The molecule has 1 aromatic heterocycles. The fraction of sp³-hybridized carbons (Fsp3) is 0.238. The third kappa shape index (κ3) is 3.37. The Morgan fingerprint density at radius 3 is 2.46 bits per heavy atom. The zero-order valence-corrected chi connectivity index (χ0v) is 15.2. The minimum atomic E-state index is -0.525. The molecule has 28 heavy (non-hydrogen) atoms. The van der Waals surface area contributed by atoms with Gasteiger partial charge in [0.15, 0.2) is 0 Å². The van der Waals surface area contributed by atoms with Crippen molar-refractivity contribution in [2.75, 3.05) is 19.8 Å². The number of para-hydroxylation sites is 1. The van der Waals surface area contributed by atoms with E-state index in [1.165, 1.54) is 10.7 Å². The molecule has 0 radical (unpaired) electrons. The number of aliphatic hydroxyl groups is 1. The first-order valence-electron chi connectivity index (χ1n) is 9.15. The first-order chi connectivity index (χ1) is 13.7. The minimum Gasteiger partial charge on any atom is -0.394 e.